The number of nitrogens with zero attached hydrogens (tertiary/aromatic N) is 1. The van der Waals surface area contributed by atoms with Crippen LogP contribution in [0, 0.1) is 6.92 Å². The van der Waals surface area contributed by atoms with Gasteiger partial charge in [-0.2, -0.15) is 0 Å². The fourth-order valence-electron chi connectivity index (χ4n) is 1.39. The second-order valence-electron chi connectivity index (χ2n) is 3.48. The van der Waals surface area contributed by atoms with Gasteiger partial charge in [0.2, 0.25) is 0 Å². The molecule has 1 aromatic heterocycles. The van der Waals surface area contributed by atoms with Gasteiger partial charge in [0.05, 0.1) is 0 Å². The Hall–Kier alpha value is -1.83. The van der Waals surface area contributed by atoms with Crippen molar-refractivity contribution in [2.45, 2.75) is 13.8 Å². The van der Waals surface area contributed by atoms with Gasteiger partial charge < -0.3 is 4.52 Å². The summed E-state index contributed by atoms with van der Waals surface area (Å²) < 4.78 is 5.15. The molecular formula is C13H13NO. The lowest BCUT2D eigenvalue weighted by Gasteiger charge is -1.95. The third kappa shape index (κ3) is 2.15. The lowest BCUT2D eigenvalue weighted by molar-refractivity contribution is 0.415. The Labute approximate surface area is 89.2 Å². The molecule has 2 nitrogen and oxygen atoms in total. The summed E-state index contributed by atoms with van der Waals surface area (Å²) in [4.78, 5) is 0. The van der Waals surface area contributed by atoms with Gasteiger partial charge in [0.1, 0.15) is 5.69 Å². The Morgan fingerprint density at radius 1 is 1.20 bits per heavy atom. The molecule has 0 amide bonds. The van der Waals surface area contributed by atoms with E-state index in [0.717, 1.165) is 17.0 Å². The molecule has 15 heavy (non-hydrogen) atoms. The van der Waals surface area contributed by atoms with Crippen molar-refractivity contribution in [3.05, 3.63) is 47.7 Å². The van der Waals surface area contributed by atoms with E-state index in [-0.39, 0.29) is 0 Å². The Morgan fingerprint density at radius 3 is 2.60 bits per heavy atom. The van der Waals surface area contributed by atoms with Crippen molar-refractivity contribution in [3.8, 4) is 11.3 Å². The van der Waals surface area contributed by atoms with Crippen molar-refractivity contribution in [2.75, 3.05) is 0 Å². The van der Waals surface area contributed by atoms with Crippen molar-refractivity contribution in [3.63, 3.8) is 0 Å². The monoisotopic (exact) mass is 199 g/mol. The molecule has 0 saturated carbocycles. The van der Waals surface area contributed by atoms with Crippen LogP contribution in [0.2, 0.25) is 0 Å². The Bertz CT molecular complexity index is 466. The van der Waals surface area contributed by atoms with E-state index in [1.807, 2.05) is 37.3 Å². The zero-order valence-electron chi connectivity index (χ0n) is 8.90. The van der Waals surface area contributed by atoms with E-state index in [9.17, 15) is 0 Å². The van der Waals surface area contributed by atoms with Crippen LogP contribution in [0.15, 0.2) is 40.9 Å². The van der Waals surface area contributed by atoms with Crippen LogP contribution in [-0.2, 0) is 0 Å². The van der Waals surface area contributed by atoms with Crippen molar-refractivity contribution >= 4 is 6.08 Å². The summed E-state index contributed by atoms with van der Waals surface area (Å²) in [5.74, 6) is 0.785. The first-order valence-electron chi connectivity index (χ1n) is 4.96. The molecule has 0 saturated heterocycles. The third-order valence-electron chi connectivity index (χ3n) is 2.21. The highest BCUT2D eigenvalue weighted by atomic mass is 16.5. The Balaban J connectivity index is 2.33. The summed E-state index contributed by atoms with van der Waals surface area (Å²) in [6, 6.07) is 10.2. The molecule has 0 fully saturated rings. The van der Waals surface area contributed by atoms with E-state index < -0.39 is 0 Å². The first-order valence-corrected chi connectivity index (χ1v) is 4.96. The van der Waals surface area contributed by atoms with Gasteiger partial charge in [-0.25, -0.2) is 0 Å². The van der Waals surface area contributed by atoms with Gasteiger partial charge in [-0.1, -0.05) is 41.1 Å². The third-order valence-corrected chi connectivity index (χ3v) is 2.21. The Kier molecular flexibility index (Phi) is 2.68. The minimum Gasteiger partial charge on any atom is -0.356 e. The van der Waals surface area contributed by atoms with Crippen LogP contribution in [0.3, 0.4) is 0 Å². The van der Waals surface area contributed by atoms with Gasteiger partial charge in [-0.3, -0.25) is 0 Å². The lowest BCUT2D eigenvalue weighted by atomic mass is 10.1. The van der Waals surface area contributed by atoms with E-state index in [1.165, 1.54) is 5.56 Å². The average molecular weight is 199 g/mol. The number of rotatable bonds is 2. The van der Waals surface area contributed by atoms with Crippen LogP contribution in [0.4, 0.5) is 0 Å². The fraction of sp³-hybridized carbons (Fsp3) is 0.154. The largest absolute Gasteiger partial charge is 0.356 e. The van der Waals surface area contributed by atoms with Crippen molar-refractivity contribution < 1.29 is 4.52 Å². The minimum atomic E-state index is 0.785. The molecule has 0 spiro atoms. The number of benzene rings is 1. The highest BCUT2D eigenvalue weighted by Gasteiger charge is 2.03. The smallest absolute Gasteiger partial charge is 0.159 e. The zero-order chi connectivity index (χ0) is 10.7. The zero-order valence-corrected chi connectivity index (χ0v) is 8.90. The van der Waals surface area contributed by atoms with E-state index in [2.05, 4.69) is 24.2 Å². The fourth-order valence-corrected chi connectivity index (χ4v) is 1.39. The molecule has 0 aliphatic rings. The van der Waals surface area contributed by atoms with Gasteiger partial charge in [-0.15, -0.1) is 0 Å². The molecule has 2 rings (SSSR count). The molecule has 76 valence electrons. The molecule has 0 aliphatic carbocycles. The van der Waals surface area contributed by atoms with Gasteiger partial charge in [0.15, 0.2) is 5.76 Å². The number of allylic oxidation sites excluding steroid dienone is 1. The standard InChI is InChI=1S/C13H13NO/c1-3-4-12-9-13(14-15-12)11-7-5-10(2)6-8-11/h3-9H,1-2H3. The summed E-state index contributed by atoms with van der Waals surface area (Å²) in [6.45, 7) is 4.02. The second-order valence-corrected chi connectivity index (χ2v) is 3.48. The molecule has 2 aromatic rings. The predicted octanol–water partition coefficient (Wildman–Crippen LogP) is 3.68. The molecule has 1 heterocycles. The van der Waals surface area contributed by atoms with Crippen molar-refractivity contribution in [1.29, 1.82) is 0 Å². The molecular weight excluding hydrogens is 186 g/mol. The molecule has 0 atom stereocenters. The van der Waals surface area contributed by atoms with E-state index in [1.54, 1.807) is 0 Å². The van der Waals surface area contributed by atoms with Gasteiger partial charge in [0, 0.05) is 11.6 Å². The molecule has 0 N–H and O–H groups in total. The minimum absolute atomic E-state index is 0.785. The summed E-state index contributed by atoms with van der Waals surface area (Å²) in [5.41, 5.74) is 3.21. The predicted molar refractivity (Wildman–Crippen MR) is 61.4 cm³/mol. The maximum absolute atomic E-state index is 5.15. The highest BCUT2D eigenvalue weighted by molar-refractivity contribution is 5.61. The summed E-state index contributed by atoms with van der Waals surface area (Å²) in [5, 5.41) is 4.01. The van der Waals surface area contributed by atoms with Crippen LogP contribution in [0.5, 0.6) is 0 Å². The van der Waals surface area contributed by atoms with E-state index >= 15 is 0 Å². The summed E-state index contributed by atoms with van der Waals surface area (Å²) >= 11 is 0. The van der Waals surface area contributed by atoms with Gasteiger partial charge in [0.25, 0.3) is 0 Å². The molecule has 0 aliphatic heterocycles. The van der Waals surface area contributed by atoms with Crippen molar-refractivity contribution in [1.82, 2.24) is 5.16 Å². The number of hydrogen-bond acceptors (Lipinski definition) is 2. The normalized spacial score (nSPS) is 11.1. The van der Waals surface area contributed by atoms with E-state index in [0.29, 0.717) is 0 Å². The van der Waals surface area contributed by atoms with Gasteiger partial charge in [-0.05, 0) is 19.9 Å². The van der Waals surface area contributed by atoms with Crippen LogP contribution in [-0.4, -0.2) is 5.16 Å². The molecule has 1 aromatic carbocycles. The first kappa shape index (κ1) is 9.71. The first-order chi connectivity index (χ1) is 7.29. The molecule has 0 radical (unpaired) electrons. The van der Waals surface area contributed by atoms with Crippen LogP contribution >= 0.6 is 0 Å². The number of aryl methyl sites for hydroxylation is 1. The van der Waals surface area contributed by atoms with E-state index in [4.69, 9.17) is 4.52 Å². The van der Waals surface area contributed by atoms with Crippen molar-refractivity contribution in [2.24, 2.45) is 0 Å². The highest BCUT2D eigenvalue weighted by Crippen LogP contribution is 2.19. The maximum Gasteiger partial charge on any atom is 0.159 e. The maximum atomic E-state index is 5.15. The molecule has 0 unspecified atom stereocenters. The second kappa shape index (κ2) is 4.13. The van der Waals surface area contributed by atoms with Crippen LogP contribution in [0.25, 0.3) is 17.3 Å². The Morgan fingerprint density at radius 2 is 1.93 bits per heavy atom. The number of hydrogen-bond donors (Lipinski definition) is 0. The lowest BCUT2D eigenvalue weighted by Crippen LogP contribution is -1.76. The SMILES string of the molecule is CC=Cc1cc(-c2ccc(C)cc2)no1. The quantitative estimate of drug-likeness (QED) is 0.737. The summed E-state index contributed by atoms with van der Waals surface area (Å²) in [7, 11) is 0. The topological polar surface area (TPSA) is 26.0 Å². The van der Waals surface area contributed by atoms with Crippen LogP contribution < -0.4 is 0 Å². The summed E-state index contributed by atoms with van der Waals surface area (Å²) in [6.07, 6.45) is 3.82. The molecule has 2 heteroatoms. The van der Waals surface area contributed by atoms with Crippen LogP contribution in [0.1, 0.15) is 18.2 Å². The molecule has 0 bridgehead atoms. The number of aromatic nitrogens is 1. The van der Waals surface area contributed by atoms with Gasteiger partial charge >= 0.3 is 0 Å². The average Bonchev–Trinajstić information content (AvgIpc) is 2.68.